The molecule has 1 aromatic heterocycles. The molecule has 0 spiro atoms. The van der Waals surface area contributed by atoms with Gasteiger partial charge in [0.2, 0.25) is 0 Å². The summed E-state index contributed by atoms with van der Waals surface area (Å²) in [6, 6.07) is 5.49. The van der Waals surface area contributed by atoms with E-state index in [1.54, 1.807) is 14.2 Å². The molecule has 10 nitrogen and oxygen atoms in total. The lowest BCUT2D eigenvalue weighted by molar-refractivity contribution is -0.385. The highest BCUT2D eigenvalue weighted by atomic mass is 16.6. The molecule has 0 aliphatic heterocycles. The largest absolute Gasteiger partial charge is 0.493 e. The number of aromatic nitrogens is 2. The SMILES string of the molecule is CCOc1cc(NC(=NC)NCCn2cc([N+](=O)[O-])cn2)ccc1OC. The maximum Gasteiger partial charge on any atom is 0.306 e. The minimum Gasteiger partial charge on any atom is -0.493 e. The highest BCUT2D eigenvalue weighted by Gasteiger charge is 2.09. The second-order valence-corrected chi connectivity index (χ2v) is 5.14. The molecular weight excluding hydrogens is 340 g/mol. The molecule has 10 heteroatoms. The quantitative estimate of drug-likeness (QED) is 0.319. The van der Waals surface area contributed by atoms with E-state index in [9.17, 15) is 10.1 Å². The average Bonchev–Trinajstić information content (AvgIpc) is 3.10. The number of nitrogens with zero attached hydrogens (tertiary/aromatic N) is 4. The summed E-state index contributed by atoms with van der Waals surface area (Å²) < 4.78 is 12.3. The monoisotopic (exact) mass is 362 g/mol. The van der Waals surface area contributed by atoms with E-state index in [4.69, 9.17) is 9.47 Å². The van der Waals surface area contributed by atoms with E-state index in [1.807, 2.05) is 25.1 Å². The zero-order valence-corrected chi connectivity index (χ0v) is 14.9. The number of nitro groups is 1. The van der Waals surface area contributed by atoms with Crippen LogP contribution in [0.3, 0.4) is 0 Å². The van der Waals surface area contributed by atoms with Crippen molar-refractivity contribution >= 4 is 17.3 Å². The summed E-state index contributed by atoms with van der Waals surface area (Å²) >= 11 is 0. The van der Waals surface area contributed by atoms with Gasteiger partial charge in [-0.2, -0.15) is 5.10 Å². The van der Waals surface area contributed by atoms with Crippen molar-refractivity contribution in [2.45, 2.75) is 13.5 Å². The van der Waals surface area contributed by atoms with E-state index in [-0.39, 0.29) is 5.69 Å². The van der Waals surface area contributed by atoms with Gasteiger partial charge in [-0.25, -0.2) is 0 Å². The number of methoxy groups -OCH3 is 1. The van der Waals surface area contributed by atoms with Crippen LogP contribution < -0.4 is 20.1 Å². The van der Waals surface area contributed by atoms with Gasteiger partial charge in [-0.1, -0.05) is 0 Å². The van der Waals surface area contributed by atoms with E-state index >= 15 is 0 Å². The van der Waals surface area contributed by atoms with E-state index in [1.165, 1.54) is 17.1 Å². The topological polar surface area (TPSA) is 116 Å². The number of guanidine groups is 1. The van der Waals surface area contributed by atoms with E-state index in [2.05, 4.69) is 20.7 Å². The third-order valence-corrected chi connectivity index (χ3v) is 3.41. The fourth-order valence-corrected chi connectivity index (χ4v) is 2.20. The second-order valence-electron chi connectivity index (χ2n) is 5.14. The van der Waals surface area contributed by atoms with Gasteiger partial charge in [-0.15, -0.1) is 0 Å². The van der Waals surface area contributed by atoms with Gasteiger partial charge >= 0.3 is 5.69 Å². The van der Waals surface area contributed by atoms with Crippen LogP contribution in [-0.4, -0.2) is 48.0 Å². The van der Waals surface area contributed by atoms with E-state index in [0.717, 1.165) is 5.69 Å². The van der Waals surface area contributed by atoms with Gasteiger partial charge in [0.25, 0.3) is 0 Å². The summed E-state index contributed by atoms with van der Waals surface area (Å²) in [5.74, 6) is 1.85. The van der Waals surface area contributed by atoms with Crippen molar-refractivity contribution in [3.8, 4) is 11.5 Å². The Balaban J connectivity index is 1.92. The van der Waals surface area contributed by atoms with Crippen LogP contribution in [0.4, 0.5) is 11.4 Å². The van der Waals surface area contributed by atoms with Crippen molar-refractivity contribution in [3.63, 3.8) is 0 Å². The summed E-state index contributed by atoms with van der Waals surface area (Å²) in [6.07, 6.45) is 2.61. The molecule has 0 bridgehead atoms. The number of benzene rings is 1. The number of hydrogen-bond acceptors (Lipinski definition) is 6. The van der Waals surface area contributed by atoms with Crippen LogP contribution >= 0.6 is 0 Å². The predicted molar refractivity (Wildman–Crippen MR) is 98.0 cm³/mol. The van der Waals surface area contributed by atoms with Gasteiger partial charge in [0.05, 0.1) is 25.2 Å². The predicted octanol–water partition coefficient (Wildman–Crippen LogP) is 1.89. The van der Waals surface area contributed by atoms with E-state index < -0.39 is 4.92 Å². The summed E-state index contributed by atoms with van der Waals surface area (Å²) in [4.78, 5) is 14.3. The molecule has 0 amide bonds. The molecule has 2 aromatic rings. The van der Waals surface area contributed by atoms with Crippen LogP contribution in [0.15, 0.2) is 35.6 Å². The average molecular weight is 362 g/mol. The Morgan fingerprint density at radius 3 is 2.85 bits per heavy atom. The molecule has 0 fully saturated rings. The number of ether oxygens (including phenoxy) is 2. The fourth-order valence-electron chi connectivity index (χ4n) is 2.20. The van der Waals surface area contributed by atoms with Crippen molar-refractivity contribution < 1.29 is 14.4 Å². The lowest BCUT2D eigenvalue weighted by Gasteiger charge is -2.14. The Morgan fingerprint density at radius 1 is 1.42 bits per heavy atom. The maximum atomic E-state index is 10.7. The van der Waals surface area contributed by atoms with Crippen molar-refractivity contribution in [1.82, 2.24) is 15.1 Å². The summed E-state index contributed by atoms with van der Waals surface area (Å²) in [6.45, 7) is 3.39. The molecule has 1 heterocycles. The van der Waals surface area contributed by atoms with Crippen LogP contribution in [0.2, 0.25) is 0 Å². The summed E-state index contributed by atoms with van der Waals surface area (Å²) in [7, 11) is 3.24. The van der Waals surface area contributed by atoms with Crippen LogP contribution in [0, 0.1) is 10.1 Å². The van der Waals surface area contributed by atoms with E-state index in [0.29, 0.717) is 37.2 Å². The Hall–Kier alpha value is -3.30. The molecule has 0 saturated carbocycles. The summed E-state index contributed by atoms with van der Waals surface area (Å²) in [5, 5.41) is 20.9. The minimum atomic E-state index is -0.475. The third kappa shape index (κ3) is 5.10. The molecule has 0 saturated heterocycles. The van der Waals surface area contributed by atoms with Gasteiger partial charge in [-0.3, -0.25) is 19.8 Å². The molecule has 0 aliphatic carbocycles. The third-order valence-electron chi connectivity index (χ3n) is 3.41. The Bertz CT molecular complexity index is 774. The Kier molecular flexibility index (Phi) is 6.77. The highest BCUT2D eigenvalue weighted by Crippen LogP contribution is 2.30. The number of rotatable bonds is 8. The number of hydrogen-bond donors (Lipinski definition) is 2. The van der Waals surface area contributed by atoms with Crippen molar-refractivity contribution in [1.29, 1.82) is 0 Å². The standard InChI is InChI=1S/C16H22N6O4/c1-4-26-15-9-12(5-6-14(15)25-3)20-16(17-2)18-7-8-21-11-13(10-19-21)22(23)24/h5-6,9-11H,4,7-8H2,1-3H3,(H2,17,18,20). The molecule has 26 heavy (non-hydrogen) atoms. The van der Waals surface area contributed by atoms with Gasteiger partial charge < -0.3 is 20.1 Å². The minimum absolute atomic E-state index is 0.0332. The van der Waals surface area contributed by atoms with Crippen molar-refractivity contribution in [2.75, 3.05) is 32.6 Å². The molecule has 1 aromatic carbocycles. The first-order valence-corrected chi connectivity index (χ1v) is 8.02. The number of nitrogens with one attached hydrogen (secondary N) is 2. The first-order valence-electron chi connectivity index (χ1n) is 8.02. The maximum absolute atomic E-state index is 10.7. The van der Waals surface area contributed by atoms with Crippen molar-refractivity contribution in [2.24, 2.45) is 4.99 Å². The lowest BCUT2D eigenvalue weighted by atomic mass is 10.2. The first kappa shape index (κ1) is 19.0. The zero-order chi connectivity index (χ0) is 18.9. The Morgan fingerprint density at radius 2 is 2.23 bits per heavy atom. The Labute approximate surface area is 151 Å². The second kappa shape index (κ2) is 9.25. The molecular formula is C16H22N6O4. The van der Waals surface area contributed by atoms with Crippen LogP contribution in [-0.2, 0) is 6.54 Å². The molecule has 2 N–H and O–H groups in total. The lowest BCUT2D eigenvalue weighted by Crippen LogP contribution is -2.33. The summed E-state index contributed by atoms with van der Waals surface area (Å²) in [5.41, 5.74) is 0.756. The van der Waals surface area contributed by atoms with Crippen molar-refractivity contribution in [3.05, 3.63) is 40.7 Å². The normalized spacial score (nSPS) is 11.1. The zero-order valence-electron chi connectivity index (χ0n) is 14.9. The fraction of sp³-hybridized carbons (Fsp3) is 0.375. The molecule has 0 radical (unpaired) electrons. The number of anilines is 1. The molecule has 0 atom stereocenters. The first-order chi connectivity index (χ1) is 12.6. The van der Waals surface area contributed by atoms with Gasteiger partial charge in [0, 0.05) is 25.3 Å². The van der Waals surface area contributed by atoms with Crippen LogP contribution in [0.5, 0.6) is 11.5 Å². The van der Waals surface area contributed by atoms with Crippen LogP contribution in [0.1, 0.15) is 6.92 Å². The molecule has 2 rings (SSSR count). The molecule has 0 unspecified atom stereocenters. The molecule has 0 aliphatic rings. The smallest absolute Gasteiger partial charge is 0.306 e. The number of aliphatic imine (C=N–C) groups is 1. The highest BCUT2D eigenvalue weighted by molar-refractivity contribution is 5.93. The van der Waals surface area contributed by atoms with Gasteiger partial charge in [0.1, 0.15) is 12.4 Å². The molecule has 140 valence electrons. The van der Waals surface area contributed by atoms with Gasteiger partial charge in [0.15, 0.2) is 17.5 Å². The van der Waals surface area contributed by atoms with Crippen LogP contribution in [0.25, 0.3) is 0 Å². The van der Waals surface area contributed by atoms with Gasteiger partial charge in [-0.05, 0) is 19.1 Å².